The molecule has 0 aromatic heterocycles. The van der Waals surface area contributed by atoms with Crippen molar-refractivity contribution in [3.63, 3.8) is 0 Å². The molecule has 0 spiro atoms. The molecule has 0 bridgehead atoms. The Morgan fingerprint density at radius 3 is 1.55 bits per heavy atom. The van der Waals surface area contributed by atoms with E-state index in [1.807, 2.05) is 0 Å². The predicted molar refractivity (Wildman–Crippen MR) is 104 cm³/mol. The summed E-state index contributed by atoms with van der Waals surface area (Å²) in [7, 11) is 2.16. The SMILES string of the molecule is CCCCCCCCCP[PH2+]CCCCCCCCC. The van der Waals surface area contributed by atoms with Gasteiger partial charge in [-0.2, -0.15) is 0 Å². The first-order valence-corrected chi connectivity index (χ1v) is 13.3. The molecule has 0 nitrogen and oxygen atoms in total. The Labute approximate surface area is 133 Å². The van der Waals surface area contributed by atoms with E-state index in [4.69, 9.17) is 0 Å². The van der Waals surface area contributed by atoms with Crippen LogP contribution in [-0.2, 0) is 0 Å². The first-order chi connectivity index (χ1) is 9.91. The van der Waals surface area contributed by atoms with Crippen molar-refractivity contribution in [1.82, 2.24) is 0 Å². The van der Waals surface area contributed by atoms with E-state index in [0.717, 1.165) is 8.27 Å². The van der Waals surface area contributed by atoms with Crippen LogP contribution in [0.15, 0.2) is 0 Å². The molecule has 0 aliphatic carbocycles. The highest BCUT2D eigenvalue weighted by molar-refractivity contribution is 8.11. The molecule has 0 heterocycles. The zero-order valence-electron chi connectivity index (χ0n) is 14.4. The fourth-order valence-corrected chi connectivity index (χ4v) is 6.40. The van der Waals surface area contributed by atoms with Crippen LogP contribution in [-0.4, -0.2) is 12.3 Å². The maximum absolute atomic E-state index is 2.30. The Kier molecular flexibility index (Phi) is 20.7. The minimum atomic E-state index is 0.816. The van der Waals surface area contributed by atoms with Crippen LogP contribution in [0.2, 0.25) is 0 Å². The molecular formula is C18H41P2+. The summed E-state index contributed by atoms with van der Waals surface area (Å²) in [5, 5.41) is 0. The average Bonchev–Trinajstić information content (AvgIpc) is 2.47. The molecule has 0 aliphatic rings. The maximum Gasteiger partial charge on any atom is 0.0569 e. The zero-order valence-corrected chi connectivity index (χ0v) is 16.5. The van der Waals surface area contributed by atoms with Crippen molar-refractivity contribution >= 4 is 16.5 Å². The van der Waals surface area contributed by atoms with Gasteiger partial charge in [-0.15, -0.1) is 0 Å². The molecular weight excluding hydrogens is 278 g/mol. The summed E-state index contributed by atoms with van der Waals surface area (Å²) in [6, 6.07) is 0. The standard InChI is InChI=1S/C18H40P2/c1-3-5-7-9-11-13-15-17-19-20-18-16-14-12-10-8-6-4-2/h19-20H,3-18H2,1-2H3/p+1. The van der Waals surface area contributed by atoms with Gasteiger partial charge in [-0.3, -0.25) is 0 Å². The van der Waals surface area contributed by atoms with Crippen molar-refractivity contribution in [2.24, 2.45) is 0 Å². The second-order valence-electron chi connectivity index (χ2n) is 6.19. The third-order valence-electron chi connectivity index (χ3n) is 4.02. The number of hydrogen-bond donors (Lipinski definition) is 0. The van der Waals surface area contributed by atoms with E-state index < -0.39 is 0 Å². The van der Waals surface area contributed by atoms with Crippen LogP contribution < -0.4 is 0 Å². The van der Waals surface area contributed by atoms with Gasteiger partial charge in [0, 0.05) is 16.5 Å². The monoisotopic (exact) mass is 319 g/mol. The van der Waals surface area contributed by atoms with Crippen LogP contribution in [0.5, 0.6) is 0 Å². The summed E-state index contributed by atoms with van der Waals surface area (Å²) >= 11 is 0. The summed E-state index contributed by atoms with van der Waals surface area (Å²) < 4.78 is 0. The molecule has 2 heteroatoms. The second kappa shape index (κ2) is 19.9. The van der Waals surface area contributed by atoms with E-state index in [9.17, 15) is 0 Å². The molecule has 0 saturated carbocycles. The van der Waals surface area contributed by atoms with Gasteiger partial charge in [0.05, 0.1) is 6.16 Å². The Morgan fingerprint density at radius 2 is 1.00 bits per heavy atom. The van der Waals surface area contributed by atoms with Gasteiger partial charge in [0.25, 0.3) is 0 Å². The molecule has 0 N–H and O–H groups in total. The van der Waals surface area contributed by atoms with Crippen LogP contribution in [0.4, 0.5) is 0 Å². The second-order valence-corrected chi connectivity index (χ2v) is 10.5. The predicted octanol–water partition coefficient (Wildman–Crippen LogP) is 7.49. The van der Waals surface area contributed by atoms with E-state index in [2.05, 4.69) is 13.8 Å². The Morgan fingerprint density at radius 1 is 0.550 bits per heavy atom. The van der Waals surface area contributed by atoms with Crippen molar-refractivity contribution in [3.05, 3.63) is 0 Å². The summed E-state index contributed by atoms with van der Waals surface area (Å²) in [5.41, 5.74) is 0. The van der Waals surface area contributed by atoms with E-state index in [-0.39, 0.29) is 0 Å². The third kappa shape index (κ3) is 18.9. The van der Waals surface area contributed by atoms with E-state index in [1.54, 1.807) is 12.3 Å². The van der Waals surface area contributed by atoms with Crippen LogP contribution in [0.25, 0.3) is 0 Å². The lowest BCUT2D eigenvalue weighted by Crippen LogP contribution is -1.82. The Hall–Kier alpha value is 0.860. The topological polar surface area (TPSA) is 0 Å². The van der Waals surface area contributed by atoms with Crippen molar-refractivity contribution < 1.29 is 0 Å². The summed E-state index contributed by atoms with van der Waals surface area (Å²) in [4.78, 5) is 0. The Balaban J connectivity index is 2.89. The molecule has 0 aliphatic heterocycles. The first-order valence-electron chi connectivity index (χ1n) is 9.46. The minimum absolute atomic E-state index is 0.816. The number of hydrogen-bond acceptors (Lipinski definition) is 0. The van der Waals surface area contributed by atoms with Crippen molar-refractivity contribution in [2.75, 3.05) is 12.3 Å². The van der Waals surface area contributed by atoms with Gasteiger partial charge in [-0.25, -0.2) is 0 Å². The summed E-state index contributed by atoms with van der Waals surface area (Å²) in [6.45, 7) is 4.60. The van der Waals surface area contributed by atoms with Gasteiger partial charge in [-0.1, -0.05) is 84.5 Å². The smallest absolute Gasteiger partial charge is 0.0569 e. The molecule has 122 valence electrons. The highest BCUT2D eigenvalue weighted by Gasteiger charge is 1.97. The van der Waals surface area contributed by atoms with Crippen LogP contribution in [0, 0.1) is 0 Å². The lowest BCUT2D eigenvalue weighted by molar-refractivity contribution is 0.603. The summed E-state index contributed by atoms with van der Waals surface area (Å²) in [5.74, 6) is 0. The van der Waals surface area contributed by atoms with Gasteiger partial charge in [0.2, 0.25) is 0 Å². The average molecular weight is 319 g/mol. The van der Waals surface area contributed by atoms with E-state index in [0.29, 0.717) is 0 Å². The molecule has 2 unspecified atom stereocenters. The molecule has 0 radical (unpaired) electrons. The van der Waals surface area contributed by atoms with Crippen molar-refractivity contribution in [1.29, 1.82) is 0 Å². The highest BCUT2D eigenvalue weighted by atomic mass is 32.0. The van der Waals surface area contributed by atoms with Gasteiger partial charge in [-0.05, 0) is 25.4 Å². The lowest BCUT2D eigenvalue weighted by atomic mass is 10.1. The third-order valence-corrected chi connectivity index (χ3v) is 8.25. The molecule has 2 atom stereocenters. The molecule has 20 heavy (non-hydrogen) atoms. The lowest BCUT2D eigenvalue weighted by Gasteiger charge is -2.00. The van der Waals surface area contributed by atoms with Gasteiger partial charge < -0.3 is 0 Å². The van der Waals surface area contributed by atoms with Crippen LogP contribution in [0.1, 0.15) is 104 Å². The van der Waals surface area contributed by atoms with Gasteiger partial charge in [0.1, 0.15) is 0 Å². The molecule has 0 aromatic rings. The molecule has 0 saturated heterocycles. The maximum atomic E-state index is 2.30. The van der Waals surface area contributed by atoms with Crippen molar-refractivity contribution in [3.8, 4) is 0 Å². The highest BCUT2D eigenvalue weighted by Crippen LogP contribution is 2.38. The summed E-state index contributed by atoms with van der Waals surface area (Å²) in [6.07, 6.45) is 23.8. The zero-order chi connectivity index (χ0) is 14.7. The van der Waals surface area contributed by atoms with Gasteiger partial charge in [0.15, 0.2) is 0 Å². The molecule has 0 rings (SSSR count). The number of unbranched alkanes of at least 4 members (excludes halogenated alkanes) is 12. The van der Waals surface area contributed by atoms with Crippen LogP contribution >= 0.6 is 16.5 Å². The van der Waals surface area contributed by atoms with E-state index >= 15 is 0 Å². The fraction of sp³-hybridized carbons (Fsp3) is 1.00. The quantitative estimate of drug-likeness (QED) is 0.192. The fourth-order valence-electron chi connectivity index (χ4n) is 2.59. The molecule has 0 fully saturated rings. The number of rotatable bonds is 17. The normalized spacial score (nSPS) is 12.3. The van der Waals surface area contributed by atoms with Gasteiger partial charge >= 0.3 is 0 Å². The molecule has 0 aromatic carbocycles. The molecule has 0 amide bonds. The van der Waals surface area contributed by atoms with E-state index in [1.165, 1.54) is 98.2 Å². The van der Waals surface area contributed by atoms with Crippen molar-refractivity contribution in [2.45, 2.75) is 104 Å². The largest absolute Gasteiger partial charge is 0.0654 e. The minimum Gasteiger partial charge on any atom is -0.0654 e. The Bertz CT molecular complexity index is 141. The first kappa shape index (κ1) is 20.9. The van der Waals surface area contributed by atoms with Crippen LogP contribution in [0.3, 0.4) is 0 Å².